The van der Waals surface area contributed by atoms with Crippen molar-refractivity contribution in [2.45, 2.75) is 11.8 Å². The van der Waals surface area contributed by atoms with E-state index in [0.717, 1.165) is 16.7 Å². The van der Waals surface area contributed by atoms with E-state index in [9.17, 15) is 12.8 Å². The van der Waals surface area contributed by atoms with Gasteiger partial charge in [-0.1, -0.05) is 66.2 Å². The molecule has 3 rings (SSSR count). The average Bonchev–Trinajstić information content (AvgIpc) is 2.64. The fourth-order valence-corrected chi connectivity index (χ4v) is 4.03. The summed E-state index contributed by atoms with van der Waals surface area (Å²) in [5.41, 5.74) is 3.25. The van der Waals surface area contributed by atoms with Crippen LogP contribution in [0.5, 0.6) is 0 Å². The molecule has 0 saturated heterocycles. The molecule has 0 N–H and O–H groups in total. The SMILES string of the molecule is Cc1ccc(S(=O)(=O)C/C(=C\c2ccc(F)cc2)c2ccccc2)cc1. The Morgan fingerprint density at radius 2 is 1.50 bits per heavy atom. The van der Waals surface area contributed by atoms with Gasteiger partial charge < -0.3 is 0 Å². The van der Waals surface area contributed by atoms with E-state index in [1.807, 2.05) is 37.3 Å². The number of rotatable bonds is 5. The van der Waals surface area contributed by atoms with Crippen LogP contribution in [0.1, 0.15) is 16.7 Å². The first kappa shape index (κ1) is 18.1. The van der Waals surface area contributed by atoms with Crippen molar-refractivity contribution in [2.75, 3.05) is 5.75 Å². The summed E-state index contributed by atoms with van der Waals surface area (Å²) in [4.78, 5) is 0.295. The lowest BCUT2D eigenvalue weighted by Gasteiger charge is -2.10. The Hall–Kier alpha value is -2.72. The van der Waals surface area contributed by atoms with E-state index in [2.05, 4.69) is 0 Å². The molecule has 0 aliphatic carbocycles. The average molecular weight is 366 g/mol. The first-order chi connectivity index (χ1) is 12.4. The van der Waals surface area contributed by atoms with Gasteiger partial charge in [0, 0.05) is 0 Å². The second-order valence-electron chi connectivity index (χ2n) is 6.16. The molecule has 0 saturated carbocycles. The summed E-state index contributed by atoms with van der Waals surface area (Å²) in [6.07, 6.45) is 1.79. The predicted octanol–water partition coefficient (Wildman–Crippen LogP) is 5.15. The van der Waals surface area contributed by atoms with Crippen LogP contribution in [0.3, 0.4) is 0 Å². The van der Waals surface area contributed by atoms with Crippen LogP contribution < -0.4 is 0 Å². The van der Waals surface area contributed by atoms with E-state index in [1.165, 1.54) is 12.1 Å². The Morgan fingerprint density at radius 3 is 2.12 bits per heavy atom. The molecule has 2 nitrogen and oxygen atoms in total. The molecule has 0 radical (unpaired) electrons. The van der Waals surface area contributed by atoms with Gasteiger partial charge in [-0.2, -0.15) is 0 Å². The van der Waals surface area contributed by atoms with E-state index in [-0.39, 0.29) is 11.6 Å². The molecule has 0 fully saturated rings. The van der Waals surface area contributed by atoms with Crippen molar-refractivity contribution in [1.82, 2.24) is 0 Å². The lowest BCUT2D eigenvalue weighted by molar-refractivity contribution is 0.599. The molecular formula is C22H19FO2S. The van der Waals surface area contributed by atoms with Crippen LogP contribution in [0.25, 0.3) is 11.6 Å². The number of hydrogen-bond donors (Lipinski definition) is 0. The fourth-order valence-electron chi connectivity index (χ4n) is 2.65. The summed E-state index contributed by atoms with van der Waals surface area (Å²) in [6.45, 7) is 1.92. The largest absolute Gasteiger partial charge is 0.223 e. The predicted molar refractivity (Wildman–Crippen MR) is 104 cm³/mol. The van der Waals surface area contributed by atoms with Crippen molar-refractivity contribution in [3.8, 4) is 0 Å². The number of benzene rings is 3. The van der Waals surface area contributed by atoms with Gasteiger partial charge >= 0.3 is 0 Å². The van der Waals surface area contributed by atoms with Crippen LogP contribution >= 0.6 is 0 Å². The lowest BCUT2D eigenvalue weighted by Crippen LogP contribution is -2.09. The van der Waals surface area contributed by atoms with Crippen molar-refractivity contribution in [3.63, 3.8) is 0 Å². The van der Waals surface area contributed by atoms with Crippen LogP contribution in [0, 0.1) is 12.7 Å². The zero-order valence-corrected chi connectivity index (χ0v) is 15.2. The van der Waals surface area contributed by atoms with Gasteiger partial charge in [0.2, 0.25) is 0 Å². The molecule has 0 atom stereocenters. The molecule has 132 valence electrons. The molecule has 0 unspecified atom stereocenters. The van der Waals surface area contributed by atoms with Gasteiger partial charge in [0.15, 0.2) is 9.84 Å². The minimum Gasteiger partial charge on any atom is -0.223 e. The zero-order chi connectivity index (χ0) is 18.6. The third kappa shape index (κ3) is 4.46. The molecule has 0 amide bonds. The fraction of sp³-hybridized carbons (Fsp3) is 0.0909. The molecule has 3 aromatic rings. The summed E-state index contributed by atoms with van der Waals surface area (Å²) in [7, 11) is -3.50. The molecular weight excluding hydrogens is 347 g/mol. The Labute approximate surface area is 153 Å². The van der Waals surface area contributed by atoms with Crippen LogP contribution in [-0.4, -0.2) is 14.2 Å². The summed E-state index contributed by atoms with van der Waals surface area (Å²) in [6, 6.07) is 22.2. The van der Waals surface area contributed by atoms with Gasteiger partial charge in [-0.3, -0.25) is 0 Å². The second kappa shape index (κ2) is 7.67. The molecule has 26 heavy (non-hydrogen) atoms. The smallest absolute Gasteiger partial charge is 0.182 e. The molecule has 0 aromatic heterocycles. The zero-order valence-electron chi connectivity index (χ0n) is 14.4. The third-order valence-electron chi connectivity index (χ3n) is 4.08. The maximum Gasteiger partial charge on any atom is 0.182 e. The first-order valence-electron chi connectivity index (χ1n) is 8.25. The molecule has 0 heterocycles. The van der Waals surface area contributed by atoms with Gasteiger partial charge in [0.25, 0.3) is 0 Å². The van der Waals surface area contributed by atoms with Crippen molar-refractivity contribution in [2.24, 2.45) is 0 Å². The summed E-state index contributed by atoms with van der Waals surface area (Å²) in [5, 5.41) is 0. The van der Waals surface area contributed by atoms with E-state index in [4.69, 9.17) is 0 Å². The Bertz CT molecular complexity index is 1000. The van der Waals surface area contributed by atoms with E-state index in [0.29, 0.717) is 10.5 Å². The topological polar surface area (TPSA) is 34.1 Å². The quantitative estimate of drug-likeness (QED) is 0.585. The van der Waals surface area contributed by atoms with Gasteiger partial charge in [0.05, 0.1) is 10.6 Å². The second-order valence-corrected chi connectivity index (χ2v) is 8.15. The minimum atomic E-state index is -3.50. The van der Waals surface area contributed by atoms with Crippen molar-refractivity contribution < 1.29 is 12.8 Å². The normalized spacial score (nSPS) is 12.2. The Morgan fingerprint density at radius 1 is 0.885 bits per heavy atom. The maximum atomic E-state index is 13.2. The van der Waals surface area contributed by atoms with Crippen LogP contribution in [-0.2, 0) is 9.84 Å². The Balaban J connectivity index is 2.01. The van der Waals surface area contributed by atoms with Crippen molar-refractivity contribution >= 4 is 21.5 Å². The lowest BCUT2D eigenvalue weighted by atomic mass is 10.0. The maximum absolute atomic E-state index is 13.2. The number of hydrogen-bond acceptors (Lipinski definition) is 2. The highest BCUT2D eigenvalue weighted by molar-refractivity contribution is 7.91. The number of halogens is 1. The van der Waals surface area contributed by atoms with Gasteiger partial charge in [-0.15, -0.1) is 0 Å². The monoisotopic (exact) mass is 366 g/mol. The minimum absolute atomic E-state index is 0.128. The van der Waals surface area contributed by atoms with E-state index >= 15 is 0 Å². The van der Waals surface area contributed by atoms with Gasteiger partial charge in [0.1, 0.15) is 5.82 Å². The molecule has 0 aliphatic heterocycles. The summed E-state index contributed by atoms with van der Waals surface area (Å²) in [5.74, 6) is -0.451. The molecule has 0 spiro atoms. The molecule has 0 aliphatic rings. The highest BCUT2D eigenvalue weighted by Gasteiger charge is 2.18. The van der Waals surface area contributed by atoms with Crippen LogP contribution in [0.2, 0.25) is 0 Å². The number of sulfone groups is 1. The highest BCUT2D eigenvalue weighted by atomic mass is 32.2. The van der Waals surface area contributed by atoms with Gasteiger partial charge in [-0.05, 0) is 47.9 Å². The highest BCUT2D eigenvalue weighted by Crippen LogP contribution is 2.24. The first-order valence-corrected chi connectivity index (χ1v) is 9.90. The third-order valence-corrected chi connectivity index (χ3v) is 5.76. The van der Waals surface area contributed by atoms with Crippen molar-refractivity contribution in [1.29, 1.82) is 0 Å². The van der Waals surface area contributed by atoms with E-state index < -0.39 is 9.84 Å². The van der Waals surface area contributed by atoms with Crippen LogP contribution in [0.4, 0.5) is 4.39 Å². The van der Waals surface area contributed by atoms with E-state index in [1.54, 1.807) is 42.5 Å². The summed E-state index contributed by atoms with van der Waals surface area (Å²) < 4.78 is 38.9. The number of aryl methyl sites for hydroxylation is 1. The molecule has 0 bridgehead atoms. The Kier molecular flexibility index (Phi) is 5.33. The standard InChI is InChI=1S/C22H19FO2S/c1-17-7-13-22(14-8-17)26(24,25)16-20(19-5-3-2-4-6-19)15-18-9-11-21(23)12-10-18/h2-15H,16H2,1H3/b20-15+. The molecule has 3 aromatic carbocycles. The van der Waals surface area contributed by atoms with Crippen molar-refractivity contribution in [3.05, 3.63) is 101 Å². The summed E-state index contributed by atoms with van der Waals surface area (Å²) >= 11 is 0. The molecule has 4 heteroatoms. The van der Waals surface area contributed by atoms with Crippen LogP contribution in [0.15, 0.2) is 83.8 Å². The van der Waals surface area contributed by atoms with Gasteiger partial charge in [-0.25, -0.2) is 12.8 Å².